The van der Waals surface area contributed by atoms with Crippen LogP contribution in [0.4, 0.5) is 0 Å². The highest BCUT2D eigenvalue weighted by molar-refractivity contribution is 6.30. The van der Waals surface area contributed by atoms with Gasteiger partial charge >= 0.3 is 0 Å². The third-order valence-electron chi connectivity index (χ3n) is 3.49. The van der Waals surface area contributed by atoms with Crippen LogP contribution in [0.15, 0.2) is 30.7 Å². The highest BCUT2D eigenvalue weighted by atomic mass is 35.5. The number of methoxy groups -OCH3 is 1. The van der Waals surface area contributed by atoms with E-state index in [1.165, 1.54) is 0 Å². The predicted octanol–water partition coefficient (Wildman–Crippen LogP) is 3.26. The molecule has 0 aliphatic carbocycles. The third-order valence-corrected chi connectivity index (χ3v) is 3.81. The fourth-order valence-electron chi connectivity index (χ4n) is 2.26. The second kappa shape index (κ2) is 6.34. The summed E-state index contributed by atoms with van der Waals surface area (Å²) in [5.41, 5.74) is 4.02. The summed E-state index contributed by atoms with van der Waals surface area (Å²) >= 11 is 6.02. The van der Waals surface area contributed by atoms with Gasteiger partial charge in [0.2, 0.25) is 5.88 Å². The molecule has 0 aliphatic heterocycles. The maximum atomic E-state index is 6.02. The van der Waals surface area contributed by atoms with Gasteiger partial charge in [0.25, 0.3) is 0 Å². The smallest absolute Gasteiger partial charge is 0.238 e. The lowest BCUT2D eigenvalue weighted by molar-refractivity contribution is 0.396. The Hall–Kier alpha value is -2.47. The molecule has 3 aromatic rings. The molecule has 3 aromatic heterocycles. The number of pyridine rings is 1. The van der Waals surface area contributed by atoms with E-state index in [0.717, 1.165) is 23.4 Å². The van der Waals surface area contributed by atoms with Crippen molar-refractivity contribution in [1.82, 2.24) is 24.7 Å². The van der Waals surface area contributed by atoms with Crippen LogP contribution in [-0.4, -0.2) is 31.8 Å². The Morgan fingerprint density at radius 3 is 2.70 bits per heavy atom. The minimum Gasteiger partial charge on any atom is -0.479 e. The summed E-state index contributed by atoms with van der Waals surface area (Å²) in [6.07, 6.45) is 4.42. The van der Waals surface area contributed by atoms with E-state index in [1.807, 2.05) is 42.8 Å². The Morgan fingerprint density at radius 2 is 2.04 bits per heavy atom. The van der Waals surface area contributed by atoms with E-state index >= 15 is 0 Å². The van der Waals surface area contributed by atoms with Crippen molar-refractivity contribution in [1.29, 1.82) is 0 Å². The zero-order valence-corrected chi connectivity index (χ0v) is 13.9. The molecule has 6 nitrogen and oxygen atoms in total. The van der Waals surface area contributed by atoms with Crippen LogP contribution in [0, 0.1) is 6.92 Å². The molecule has 0 saturated carbocycles. The number of nitrogens with zero attached hydrogens (tertiary/aromatic N) is 5. The van der Waals surface area contributed by atoms with Gasteiger partial charge in [0.15, 0.2) is 5.15 Å². The molecule has 0 spiro atoms. The van der Waals surface area contributed by atoms with Gasteiger partial charge in [0.1, 0.15) is 11.4 Å². The maximum absolute atomic E-state index is 6.02. The molecule has 0 saturated heterocycles. The number of hydrogen-bond acceptors (Lipinski definition) is 5. The van der Waals surface area contributed by atoms with E-state index in [1.54, 1.807) is 13.4 Å². The van der Waals surface area contributed by atoms with Crippen molar-refractivity contribution < 1.29 is 4.74 Å². The van der Waals surface area contributed by atoms with Gasteiger partial charge in [0.05, 0.1) is 24.8 Å². The van der Waals surface area contributed by atoms with E-state index in [0.29, 0.717) is 22.4 Å². The van der Waals surface area contributed by atoms with Gasteiger partial charge in [0, 0.05) is 6.20 Å². The standard InChI is InChI=1S/C16H16ClN5O/c1-4-11-7-13(20-21-15(11)17)12-5-6-14(16(19-12)23-3)22-8-10(2)18-9-22/h5-9H,4H2,1-3H3. The summed E-state index contributed by atoms with van der Waals surface area (Å²) in [6.45, 7) is 3.95. The van der Waals surface area contributed by atoms with Crippen molar-refractivity contribution in [2.24, 2.45) is 0 Å². The second-order valence-corrected chi connectivity index (χ2v) is 5.40. The summed E-state index contributed by atoms with van der Waals surface area (Å²) in [4.78, 5) is 8.76. The van der Waals surface area contributed by atoms with Crippen LogP contribution in [0.1, 0.15) is 18.2 Å². The molecule has 0 aromatic carbocycles. The molecule has 118 valence electrons. The molecular weight excluding hydrogens is 314 g/mol. The maximum Gasteiger partial charge on any atom is 0.238 e. The van der Waals surface area contributed by atoms with Gasteiger partial charge in [-0.05, 0) is 37.1 Å². The van der Waals surface area contributed by atoms with Crippen molar-refractivity contribution in [2.45, 2.75) is 20.3 Å². The van der Waals surface area contributed by atoms with Crippen LogP contribution in [0.25, 0.3) is 17.1 Å². The first kappa shape index (κ1) is 15.4. The molecule has 7 heteroatoms. The van der Waals surface area contributed by atoms with E-state index in [-0.39, 0.29) is 0 Å². The number of aromatic nitrogens is 5. The van der Waals surface area contributed by atoms with Crippen molar-refractivity contribution in [3.63, 3.8) is 0 Å². The number of halogens is 1. The quantitative estimate of drug-likeness (QED) is 0.735. The van der Waals surface area contributed by atoms with E-state index in [2.05, 4.69) is 20.2 Å². The minimum atomic E-state index is 0.425. The number of hydrogen-bond donors (Lipinski definition) is 0. The highest BCUT2D eigenvalue weighted by Gasteiger charge is 2.12. The lowest BCUT2D eigenvalue weighted by atomic mass is 10.1. The van der Waals surface area contributed by atoms with E-state index in [4.69, 9.17) is 16.3 Å². The molecule has 0 atom stereocenters. The largest absolute Gasteiger partial charge is 0.479 e. The molecule has 0 amide bonds. The fourth-order valence-corrected chi connectivity index (χ4v) is 2.49. The number of ether oxygens (including phenoxy) is 1. The van der Waals surface area contributed by atoms with Gasteiger partial charge in [-0.25, -0.2) is 9.97 Å². The Balaban J connectivity index is 2.05. The minimum absolute atomic E-state index is 0.425. The summed E-state index contributed by atoms with van der Waals surface area (Å²) in [7, 11) is 1.59. The molecule has 23 heavy (non-hydrogen) atoms. The zero-order valence-electron chi connectivity index (χ0n) is 13.1. The van der Waals surface area contributed by atoms with Gasteiger partial charge in [-0.15, -0.1) is 10.2 Å². The molecule has 0 bridgehead atoms. The van der Waals surface area contributed by atoms with Crippen LogP contribution in [0.5, 0.6) is 5.88 Å². The number of imidazole rings is 1. The molecule has 3 rings (SSSR count). The Morgan fingerprint density at radius 1 is 1.22 bits per heavy atom. The number of rotatable bonds is 4. The lowest BCUT2D eigenvalue weighted by Crippen LogP contribution is -2.01. The van der Waals surface area contributed by atoms with Crippen LogP contribution in [0.2, 0.25) is 5.15 Å². The number of aryl methyl sites for hydroxylation is 2. The van der Waals surface area contributed by atoms with Gasteiger partial charge < -0.3 is 9.30 Å². The molecular formula is C16H16ClN5O. The molecule has 0 unspecified atom stereocenters. The molecule has 0 N–H and O–H groups in total. The van der Waals surface area contributed by atoms with Gasteiger partial charge in [-0.2, -0.15) is 0 Å². The first-order valence-electron chi connectivity index (χ1n) is 7.20. The lowest BCUT2D eigenvalue weighted by Gasteiger charge is -2.10. The summed E-state index contributed by atoms with van der Waals surface area (Å²) in [6, 6.07) is 5.70. The van der Waals surface area contributed by atoms with Crippen LogP contribution in [0.3, 0.4) is 0 Å². The van der Waals surface area contributed by atoms with Crippen LogP contribution >= 0.6 is 11.6 Å². The fraction of sp³-hybridized carbons (Fsp3) is 0.250. The third kappa shape index (κ3) is 3.03. The first-order valence-corrected chi connectivity index (χ1v) is 7.58. The molecule has 0 radical (unpaired) electrons. The highest BCUT2D eigenvalue weighted by Crippen LogP contribution is 2.26. The Labute approximate surface area is 139 Å². The first-order chi connectivity index (χ1) is 11.1. The summed E-state index contributed by atoms with van der Waals surface area (Å²) < 4.78 is 7.29. The van der Waals surface area contributed by atoms with E-state index in [9.17, 15) is 0 Å². The summed E-state index contributed by atoms with van der Waals surface area (Å²) in [5.74, 6) is 0.495. The van der Waals surface area contributed by atoms with Crippen molar-refractivity contribution in [3.05, 3.63) is 47.1 Å². The van der Waals surface area contributed by atoms with Gasteiger partial charge in [-0.1, -0.05) is 18.5 Å². The predicted molar refractivity (Wildman–Crippen MR) is 88.1 cm³/mol. The SMILES string of the molecule is CCc1cc(-c2ccc(-n3cnc(C)c3)c(OC)n2)nnc1Cl. The van der Waals surface area contributed by atoms with Gasteiger partial charge in [-0.3, -0.25) is 0 Å². The van der Waals surface area contributed by atoms with Crippen LogP contribution in [-0.2, 0) is 6.42 Å². The van der Waals surface area contributed by atoms with Crippen molar-refractivity contribution in [3.8, 4) is 23.0 Å². The molecule has 0 aliphatic rings. The normalized spacial score (nSPS) is 10.8. The second-order valence-electron chi connectivity index (χ2n) is 5.05. The Bertz CT molecular complexity index is 846. The van der Waals surface area contributed by atoms with E-state index < -0.39 is 0 Å². The molecule has 0 fully saturated rings. The average Bonchev–Trinajstić information content (AvgIpc) is 3.01. The average molecular weight is 330 g/mol. The van der Waals surface area contributed by atoms with Crippen LogP contribution < -0.4 is 4.74 Å². The topological polar surface area (TPSA) is 65.7 Å². The Kier molecular flexibility index (Phi) is 4.25. The van der Waals surface area contributed by atoms with Crippen molar-refractivity contribution in [2.75, 3.05) is 7.11 Å². The monoisotopic (exact) mass is 329 g/mol. The summed E-state index contributed by atoms with van der Waals surface area (Å²) in [5, 5.41) is 8.53. The zero-order chi connectivity index (χ0) is 16.4. The molecule has 3 heterocycles. The van der Waals surface area contributed by atoms with Crippen molar-refractivity contribution >= 4 is 11.6 Å².